The van der Waals surface area contributed by atoms with Crippen molar-refractivity contribution in [1.29, 1.82) is 0 Å². The van der Waals surface area contributed by atoms with Crippen LogP contribution in [0.25, 0.3) is 0 Å². The third-order valence-corrected chi connectivity index (χ3v) is 6.02. The number of halogens is 5. The fourth-order valence-corrected chi connectivity index (χ4v) is 4.01. The summed E-state index contributed by atoms with van der Waals surface area (Å²) in [5.41, 5.74) is 1.61. The van der Waals surface area contributed by atoms with Crippen molar-refractivity contribution in [3.05, 3.63) is 53.4 Å². The Morgan fingerprint density at radius 3 is 2.47 bits per heavy atom. The van der Waals surface area contributed by atoms with Crippen LogP contribution < -0.4 is 20.5 Å². The molecule has 0 radical (unpaired) electrons. The van der Waals surface area contributed by atoms with Crippen LogP contribution in [0.15, 0.2) is 30.5 Å². The lowest BCUT2D eigenvalue weighted by molar-refractivity contribution is -0.905. The average Bonchev–Trinajstić information content (AvgIpc) is 3.03. The van der Waals surface area contributed by atoms with Crippen molar-refractivity contribution in [3.8, 4) is 5.75 Å². The summed E-state index contributed by atoms with van der Waals surface area (Å²) in [5, 5.41) is 11.9. The van der Waals surface area contributed by atoms with Gasteiger partial charge < -0.3 is 20.5 Å². The Labute approximate surface area is 190 Å². The lowest BCUT2D eigenvalue weighted by Crippen LogP contribution is -2.47. The fraction of sp³-hybridized carbons (Fsp3) is 0.381. The van der Waals surface area contributed by atoms with Gasteiger partial charge in [0.05, 0.1) is 12.8 Å². The molecule has 0 unspecified atom stereocenters. The van der Waals surface area contributed by atoms with Crippen LogP contribution in [-0.2, 0) is 9.53 Å². The van der Waals surface area contributed by atoms with Gasteiger partial charge in [0.25, 0.3) is 5.91 Å². The highest BCUT2D eigenvalue weighted by Gasteiger charge is 2.65. The number of nitrogens with two attached hydrogens (primary N) is 1. The molecule has 0 saturated carbocycles. The number of ether oxygens (including phenoxy) is 2. The number of nitrogens with zero attached hydrogens (tertiary/aromatic N) is 1. The fourth-order valence-electron chi connectivity index (χ4n) is 4.01. The lowest BCUT2D eigenvalue weighted by Gasteiger charge is -2.32. The zero-order chi connectivity index (χ0) is 25.6. The van der Waals surface area contributed by atoms with Crippen molar-refractivity contribution in [1.82, 2.24) is 0 Å². The lowest BCUT2D eigenvalue weighted by atomic mass is 9.77. The summed E-state index contributed by atoms with van der Waals surface area (Å²) in [6, 6.07) is 3.90. The zero-order valence-corrected chi connectivity index (χ0v) is 18.1. The first kappa shape index (κ1) is 25.1. The van der Waals surface area contributed by atoms with Gasteiger partial charge in [0.2, 0.25) is 12.0 Å². The Morgan fingerprint density at radius 1 is 1.26 bits per heavy atom. The van der Waals surface area contributed by atoms with Crippen molar-refractivity contribution < 1.29 is 51.0 Å². The highest BCUT2D eigenvalue weighted by atomic mass is 19.4. The molecule has 0 spiro atoms. The van der Waals surface area contributed by atoms with Crippen molar-refractivity contribution >= 4 is 17.5 Å². The van der Waals surface area contributed by atoms with Crippen LogP contribution in [0.2, 0.25) is 0 Å². The van der Waals surface area contributed by atoms with Crippen LogP contribution >= 0.6 is 0 Å². The number of methoxy groups -OCH3 is 1. The molecule has 1 saturated heterocycles. The Bertz CT molecular complexity index is 1140. The maximum atomic E-state index is 14.4. The Kier molecular flexibility index (Phi) is 6.44. The van der Waals surface area contributed by atoms with Gasteiger partial charge in [-0.2, -0.15) is 17.6 Å². The van der Waals surface area contributed by atoms with E-state index in [1.807, 2.05) is 0 Å². The van der Waals surface area contributed by atoms with Gasteiger partial charge >= 0.3 is 17.8 Å². The number of carbonyl (C=O) groups is 2. The number of anilines is 1. The van der Waals surface area contributed by atoms with E-state index in [2.05, 4.69) is 5.32 Å². The van der Waals surface area contributed by atoms with Gasteiger partial charge in [0, 0.05) is 34.3 Å². The largest absolute Gasteiger partial charge is 0.493 e. The van der Waals surface area contributed by atoms with Crippen molar-refractivity contribution in [2.75, 3.05) is 12.4 Å². The second-order valence-corrected chi connectivity index (χ2v) is 7.94. The first-order valence-electron chi connectivity index (χ1n) is 9.85. The Hall–Kier alpha value is -3.48. The number of pyridine rings is 1. The van der Waals surface area contributed by atoms with Gasteiger partial charge in [-0.05, 0) is 13.0 Å². The van der Waals surface area contributed by atoms with E-state index in [4.69, 9.17) is 15.2 Å². The number of primary amides is 1. The summed E-state index contributed by atoms with van der Waals surface area (Å²) in [7, 11) is 1.01. The predicted octanol–water partition coefficient (Wildman–Crippen LogP) is 2.68. The van der Waals surface area contributed by atoms with E-state index in [1.54, 1.807) is 0 Å². The molecule has 2 aromatic rings. The molecule has 1 aromatic heterocycles. The van der Waals surface area contributed by atoms with Crippen molar-refractivity contribution in [2.45, 2.75) is 37.6 Å². The highest BCUT2D eigenvalue weighted by molar-refractivity contribution is 5.97. The molecule has 8 nitrogen and oxygen atoms in total. The van der Waals surface area contributed by atoms with E-state index in [0.29, 0.717) is 10.8 Å². The van der Waals surface area contributed by atoms with E-state index >= 15 is 0 Å². The molecule has 2 heterocycles. The van der Waals surface area contributed by atoms with Crippen LogP contribution in [-0.4, -0.2) is 42.0 Å². The molecule has 1 aromatic carbocycles. The van der Waals surface area contributed by atoms with Gasteiger partial charge in [-0.1, -0.05) is 13.0 Å². The number of benzene rings is 1. The summed E-state index contributed by atoms with van der Waals surface area (Å²) >= 11 is 0. The third kappa shape index (κ3) is 4.11. The molecule has 34 heavy (non-hydrogen) atoms. The molecule has 3 rings (SSSR count). The van der Waals surface area contributed by atoms with E-state index in [1.165, 1.54) is 6.92 Å². The highest BCUT2D eigenvalue weighted by Crippen LogP contribution is 2.54. The number of hydrogen-bond acceptors (Lipinski definition) is 5. The molecule has 184 valence electrons. The van der Waals surface area contributed by atoms with Crippen LogP contribution in [0.5, 0.6) is 5.75 Å². The second-order valence-electron chi connectivity index (χ2n) is 7.94. The topological polar surface area (TPSA) is 115 Å². The summed E-state index contributed by atoms with van der Waals surface area (Å²) < 4.78 is 80.5. The Balaban J connectivity index is 2.08. The van der Waals surface area contributed by atoms with Gasteiger partial charge in [-0.15, -0.1) is 0 Å². The Morgan fingerprint density at radius 2 is 1.91 bits per heavy atom. The molecule has 4 atom stereocenters. The van der Waals surface area contributed by atoms with Gasteiger partial charge in [0.15, 0.2) is 17.2 Å². The van der Waals surface area contributed by atoms with E-state index in [0.717, 1.165) is 38.4 Å². The minimum atomic E-state index is -4.92. The number of nitrogens with one attached hydrogen (secondary N) is 1. The number of aromatic nitrogens is 1. The molecule has 13 heteroatoms. The number of rotatable bonds is 5. The molecule has 2 amide bonds. The standard InChI is InChI=1S/C21H20F5N3O5/c1-9-14(11-4-5-12(22)15(23)16(11)33-3)17(34-20(9,2)21(24,25)26)19(31)28-10-6-7-29(32)13(8-10)18(27)30/h4-9,14,17,32H,1-3H3,(H2,27,30)/p+1/t9-,14-,17-,20-/m1/s1. The number of carbonyl (C=O) groups excluding carboxylic acids is 2. The predicted molar refractivity (Wildman–Crippen MR) is 105 cm³/mol. The van der Waals surface area contributed by atoms with E-state index in [9.17, 15) is 36.7 Å². The first-order chi connectivity index (χ1) is 15.7. The molecule has 0 bridgehead atoms. The maximum absolute atomic E-state index is 14.4. The van der Waals surface area contributed by atoms with Crippen LogP contribution in [0.1, 0.15) is 35.8 Å². The molecular formula is C21H21F5N3O5+. The summed E-state index contributed by atoms with van der Waals surface area (Å²) in [6.07, 6.45) is -5.76. The zero-order valence-electron chi connectivity index (χ0n) is 18.1. The van der Waals surface area contributed by atoms with Gasteiger partial charge in [-0.25, -0.2) is 4.39 Å². The van der Waals surface area contributed by atoms with Crippen molar-refractivity contribution in [2.24, 2.45) is 11.7 Å². The molecule has 1 aliphatic heterocycles. The number of amides is 2. The summed E-state index contributed by atoms with van der Waals surface area (Å²) in [6.45, 7) is 1.93. The molecule has 1 aliphatic rings. The number of alkyl halides is 3. The quantitative estimate of drug-likeness (QED) is 0.339. The third-order valence-electron chi connectivity index (χ3n) is 6.02. The number of hydrogen-bond donors (Lipinski definition) is 3. The molecular weight excluding hydrogens is 469 g/mol. The maximum Gasteiger partial charge on any atom is 0.417 e. The van der Waals surface area contributed by atoms with Gasteiger partial charge in [0.1, 0.15) is 6.10 Å². The minimum Gasteiger partial charge on any atom is -0.493 e. The first-order valence-corrected chi connectivity index (χ1v) is 9.85. The normalized spacial score (nSPS) is 24.6. The van der Waals surface area contributed by atoms with Gasteiger partial charge in [-0.3, -0.25) is 14.8 Å². The summed E-state index contributed by atoms with van der Waals surface area (Å²) in [4.78, 5) is 24.5. The smallest absolute Gasteiger partial charge is 0.417 e. The van der Waals surface area contributed by atoms with Crippen molar-refractivity contribution in [3.63, 3.8) is 0 Å². The molecule has 4 N–H and O–H groups in total. The van der Waals surface area contributed by atoms with E-state index < -0.39 is 64.6 Å². The monoisotopic (exact) mass is 490 g/mol. The molecule has 1 fully saturated rings. The molecule has 0 aliphatic carbocycles. The van der Waals surface area contributed by atoms with Crippen LogP contribution in [0.3, 0.4) is 0 Å². The van der Waals surface area contributed by atoms with Crippen LogP contribution in [0, 0.1) is 17.6 Å². The SMILES string of the molecule is COc1c([C@H]2[C@@H](C)[C@](C)(C(F)(F)F)O[C@H]2C(=O)Nc2cc[n+](O)c(C(N)=O)c2)ccc(F)c1F. The van der Waals surface area contributed by atoms with E-state index in [-0.39, 0.29) is 11.3 Å². The van der Waals surface area contributed by atoms with Crippen LogP contribution in [0.4, 0.5) is 27.6 Å². The average molecular weight is 490 g/mol. The summed E-state index contributed by atoms with van der Waals surface area (Å²) in [5.74, 6) is -8.30. The minimum absolute atomic E-state index is 0.0861. The second kappa shape index (κ2) is 8.70.